The molecular weight excluding hydrogens is 107 g/mol. The van der Waals surface area contributed by atoms with Crippen molar-refractivity contribution < 1.29 is 0 Å². The Morgan fingerprint density at radius 2 is 1.78 bits per heavy atom. The third kappa shape index (κ3) is 2.04. The molecule has 0 aromatic heterocycles. The highest BCUT2D eigenvalue weighted by Crippen LogP contribution is 2.31. The Hall–Kier alpha value is 0.0649. The van der Waals surface area contributed by atoms with E-state index in [9.17, 15) is 0 Å². The van der Waals surface area contributed by atoms with E-state index in [1.165, 1.54) is 32.1 Å². The molecule has 52 valence electrons. The molecule has 0 saturated heterocycles. The molecule has 9 heavy (non-hydrogen) atoms. The van der Waals surface area contributed by atoms with Gasteiger partial charge in [-0.1, -0.05) is 44.8 Å². The fourth-order valence-corrected chi connectivity index (χ4v) is 1.74. The summed E-state index contributed by atoms with van der Waals surface area (Å²) in [6.07, 6.45) is 7.37. The van der Waals surface area contributed by atoms with Crippen molar-refractivity contribution in [2.24, 2.45) is 5.92 Å². The molecule has 0 radical (unpaired) electrons. The molecule has 1 fully saturated rings. The van der Waals surface area contributed by atoms with E-state index in [4.69, 9.17) is 0 Å². The molecular formula is C8H17B. The van der Waals surface area contributed by atoms with Crippen LogP contribution in [-0.4, -0.2) is 7.85 Å². The van der Waals surface area contributed by atoms with E-state index in [-0.39, 0.29) is 0 Å². The van der Waals surface area contributed by atoms with Crippen molar-refractivity contribution in [2.75, 3.05) is 0 Å². The highest BCUT2D eigenvalue weighted by molar-refractivity contribution is 6.11. The summed E-state index contributed by atoms with van der Waals surface area (Å²) in [5.41, 5.74) is 0. The van der Waals surface area contributed by atoms with Crippen LogP contribution in [0.3, 0.4) is 0 Å². The van der Waals surface area contributed by atoms with E-state index in [0.717, 1.165) is 11.7 Å². The Labute approximate surface area is 59.4 Å². The van der Waals surface area contributed by atoms with Crippen LogP contribution in [0, 0.1) is 5.92 Å². The van der Waals surface area contributed by atoms with Gasteiger partial charge in [0, 0.05) is 0 Å². The normalized spacial score (nSPS) is 36.6. The van der Waals surface area contributed by atoms with Crippen molar-refractivity contribution in [1.29, 1.82) is 0 Å². The van der Waals surface area contributed by atoms with Crippen LogP contribution in [-0.2, 0) is 0 Å². The maximum absolute atomic E-state index is 2.38. The quantitative estimate of drug-likeness (QED) is 0.469. The lowest BCUT2D eigenvalue weighted by Gasteiger charge is -2.24. The number of hydrogen-bond acceptors (Lipinski definition) is 0. The standard InChI is InChI=1S/C8H17B/c1-2-7-3-5-8(9)6-4-7/h7-8H,2-6,9H2,1H3. The third-order valence-electron chi connectivity index (χ3n) is 2.71. The number of rotatable bonds is 1. The van der Waals surface area contributed by atoms with Gasteiger partial charge in [-0.05, 0) is 5.92 Å². The Bertz CT molecular complexity index is 72.6. The molecule has 1 saturated carbocycles. The molecule has 0 aromatic carbocycles. The zero-order valence-corrected chi connectivity index (χ0v) is 6.69. The second-order valence-corrected chi connectivity index (χ2v) is 3.53. The molecule has 0 aromatic rings. The van der Waals surface area contributed by atoms with Gasteiger partial charge in [0.15, 0.2) is 0 Å². The van der Waals surface area contributed by atoms with E-state index in [1.807, 2.05) is 0 Å². The Kier molecular flexibility index (Phi) is 2.62. The van der Waals surface area contributed by atoms with Crippen LogP contribution in [0.1, 0.15) is 39.0 Å². The molecule has 0 bridgehead atoms. The van der Waals surface area contributed by atoms with E-state index in [2.05, 4.69) is 14.8 Å². The van der Waals surface area contributed by atoms with Gasteiger partial charge in [0.05, 0.1) is 0 Å². The van der Waals surface area contributed by atoms with Gasteiger partial charge in [-0.3, -0.25) is 0 Å². The van der Waals surface area contributed by atoms with E-state index < -0.39 is 0 Å². The summed E-state index contributed by atoms with van der Waals surface area (Å²) in [6, 6.07) is 0. The fourth-order valence-electron chi connectivity index (χ4n) is 1.74. The summed E-state index contributed by atoms with van der Waals surface area (Å²) in [5.74, 6) is 2.09. The second-order valence-electron chi connectivity index (χ2n) is 3.53. The summed E-state index contributed by atoms with van der Waals surface area (Å²) in [4.78, 5) is 0. The van der Waals surface area contributed by atoms with Crippen LogP contribution in [0.5, 0.6) is 0 Å². The first-order valence-corrected chi connectivity index (χ1v) is 4.33. The Morgan fingerprint density at radius 1 is 1.22 bits per heavy atom. The summed E-state index contributed by atoms with van der Waals surface area (Å²) in [7, 11) is 2.38. The summed E-state index contributed by atoms with van der Waals surface area (Å²) in [6.45, 7) is 2.32. The van der Waals surface area contributed by atoms with Crippen LogP contribution in [0.15, 0.2) is 0 Å². The lowest BCUT2D eigenvalue weighted by Crippen LogP contribution is -2.09. The minimum atomic E-state index is 1.02. The molecule has 0 atom stereocenters. The lowest BCUT2D eigenvalue weighted by molar-refractivity contribution is 0.350. The summed E-state index contributed by atoms with van der Waals surface area (Å²) < 4.78 is 0. The molecule has 0 amide bonds. The SMILES string of the molecule is BC1CCC(CC)CC1. The molecule has 0 spiro atoms. The number of hydrogen-bond donors (Lipinski definition) is 0. The average molecular weight is 124 g/mol. The van der Waals surface area contributed by atoms with Gasteiger partial charge in [0.1, 0.15) is 7.85 Å². The van der Waals surface area contributed by atoms with Crippen molar-refractivity contribution in [1.82, 2.24) is 0 Å². The van der Waals surface area contributed by atoms with Crippen LogP contribution in [0.25, 0.3) is 0 Å². The van der Waals surface area contributed by atoms with Gasteiger partial charge in [0.2, 0.25) is 0 Å². The van der Waals surface area contributed by atoms with Crippen LogP contribution < -0.4 is 0 Å². The average Bonchev–Trinajstić information content (AvgIpc) is 1.90. The fraction of sp³-hybridized carbons (Fsp3) is 1.00. The monoisotopic (exact) mass is 124 g/mol. The van der Waals surface area contributed by atoms with Gasteiger partial charge in [-0.15, -0.1) is 0 Å². The first-order valence-electron chi connectivity index (χ1n) is 4.33. The minimum Gasteiger partial charge on any atom is -0.0697 e. The molecule has 0 nitrogen and oxygen atoms in total. The van der Waals surface area contributed by atoms with Crippen molar-refractivity contribution in [3.05, 3.63) is 0 Å². The smallest absolute Gasteiger partial charge is 0.0697 e. The van der Waals surface area contributed by atoms with Gasteiger partial charge in [-0.2, -0.15) is 0 Å². The molecule has 0 heterocycles. The highest BCUT2D eigenvalue weighted by Gasteiger charge is 2.15. The second kappa shape index (κ2) is 3.29. The Balaban J connectivity index is 2.18. The molecule has 0 aliphatic heterocycles. The first-order chi connectivity index (χ1) is 4.33. The predicted molar refractivity (Wildman–Crippen MR) is 44.5 cm³/mol. The summed E-state index contributed by atoms with van der Waals surface area (Å²) in [5, 5.41) is 0. The van der Waals surface area contributed by atoms with Crippen LogP contribution in [0.4, 0.5) is 0 Å². The van der Waals surface area contributed by atoms with Crippen molar-refractivity contribution in [3.63, 3.8) is 0 Å². The molecule has 1 rings (SSSR count). The van der Waals surface area contributed by atoms with Gasteiger partial charge < -0.3 is 0 Å². The zero-order chi connectivity index (χ0) is 6.69. The maximum atomic E-state index is 2.38. The highest BCUT2D eigenvalue weighted by atomic mass is 14.2. The molecule has 1 heteroatoms. The van der Waals surface area contributed by atoms with Crippen molar-refractivity contribution >= 4 is 7.85 Å². The van der Waals surface area contributed by atoms with Gasteiger partial charge in [-0.25, -0.2) is 0 Å². The van der Waals surface area contributed by atoms with Crippen LogP contribution >= 0.6 is 0 Å². The van der Waals surface area contributed by atoms with Crippen molar-refractivity contribution in [2.45, 2.75) is 44.8 Å². The van der Waals surface area contributed by atoms with E-state index in [1.54, 1.807) is 0 Å². The van der Waals surface area contributed by atoms with Crippen molar-refractivity contribution in [3.8, 4) is 0 Å². The Morgan fingerprint density at radius 3 is 2.22 bits per heavy atom. The molecule has 0 N–H and O–H groups in total. The largest absolute Gasteiger partial charge is 0.105 e. The third-order valence-corrected chi connectivity index (χ3v) is 2.71. The van der Waals surface area contributed by atoms with E-state index >= 15 is 0 Å². The maximum Gasteiger partial charge on any atom is 0.105 e. The zero-order valence-electron chi connectivity index (χ0n) is 6.69. The molecule has 0 unspecified atom stereocenters. The minimum absolute atomic E-state index is 1.02. The lowest BCUT2D eigenvalue weighted by atomic mass is 9.71. The molecule has 1 aliphatic rings. The molecule has 1 aliphatic carbocycles. The summed E-state index contributed by atoms with van der Waals surface area (Å²) >= 11 is 0. The van der Waals surface area contributed by atoms with Gasteiger partial charge >= 0.3 is 0 Å². The first kappa shape index (κ1) is 7.18. The topological polar surface area (TPSA) is 0 Å². The van der Waals surface area contributed by atoms with Gasteiger partial charge in [0.25, 0.3) is 0 Å². The van der Waals surface area contributed by atoms with Crippen LogP contribution in [0.2, 0.25) is 5.82 Å². The van der Waals surface area contributed by atoms with E-state index in [0.29, 0.717) is 0 Å². The predicted octanol–water partition coefficient (Wildman–Crippen LogP) is 2.01.